The number of nitrogens with zero attached hydrogens (tertiary/aromatic N) is 1. The van der Waals surface area contributed by atoms with Crippen LogP contribution in [0.3, 0.4) is 0 Å². The summed E-state index contributed by atoms with van der Waals surface area (Å²) in [6.07, 6.45) is 1.51. The molecule has 5 nitrogen and oxygen atoms in total. The fraction of sp³-hybridized carbons (Fsp3) is 0.0769. The summed E-state index contributed by atoms with van der Waals surface area (Å²) in [5.74, 6) is 0.0935. The Morgan fingerprint density at radius 3 is 2.89 bits per heavy atom. The van der Waals surface area contributed by atoms with Crippen LogP contribution < -0.4 is 15.8 Å². The topological polar surface area (TPSA) is 77.2 Å². The van der Waals surface area contributed by atoms with E-state index in [-0.39, 0.29) is 11.6 Å². The minimum absolute atomic E-state index is 0.177. The van der Waals surface area contributed by atoms with Gasteiger partial charge in [-0.15, -0.1) is 0 Å². The Labute approximate surface area is 115 Å². The summed E-state index contributed by atoms with van der Waals surface area (Å²) in [4.78, 5) is 15.9. The van der Waals surface area contributed by atoms with Crippen LogP contribution in [0, 0.1) is 0 Å². The first kappa shape index (κ1) is 13.2. The van der Waals surface area contributed by atoms with Crippen molar-refractivity contribution in [2.24, 2.45) is 0 Å². The summed E-state index contributed by atoms with van der Waals surface area (Å²) in [7, 11) is 1.50. The highest BCUT2D eigenvalue weighted by molar-refractivity contribution is 6.32. The van der Waals surface area contributed by atoms with Crippen molar-refractivity contribution in [1.82, 2.24) is 4.98 Å². The molecule has 19 heavy (non-hydrogen) atoms. The smallest absolute Gasteiger partial charge is 0.276 e. The van der Waals surface area contributed by atoms with Crippen molar-refractivity contribution in [3.05, 3.63) is 47.2 Å². The van der Waals surface area contributed by atoms with Crippen molar-refractivity contribution in [1.29, 1.82) is 0 Å². The average Bonchev–Trinajstić information content (AvgIpc) is 2.41. The molecule has 0 radical (unpaired) electrons. The van der Waals surface area contributed by atoms with Gasteiger partial charge in [-0.3, -0.25) is 4.79 Å². The van der Waals surface area contributed by atoms with Crippen molar-refractivity contribution >= 4 is 28.9 Å². The number of pyridine rings is 1. The van der Waals surface area contributed by atoms with Crippen LogP contribution in [0.2, 0.25) is 5.02 Å². The third kappa shape index (κ3) is 2.95. The quantitative estimate of drug-likeness (QED) is 0.904. The molecule has 3 N–H and O–H groups in total. The monoisotopic (exact) mass is 277 g/mol. The Kier molecular flexibility index (Phi) is 3.87. The van der Waals surface area contributed by atoms with Crippen LogP contribution in [-0.4, -0.2) is 18.0 Å². The number of carbonyl (C=O) groups excluding carboxylic acids is 1. The summed E-state index contributed by atoms with van der Waals surface area (Å²) < 4.78 is 5.07. The number of benzene rings is 1. The van der Waals surface area contributed by atoms with Crippen molar-refractivity contribution in [2.75, 3.05) is 18.2 Å². The van der Waals surface area contributed by atoms with Crippen molar-refractivity contribution < 1.29 is 9.53 Å². The number of aromatic nitrogens is 1. The minimum Gasteiger partial charge on any atom is -0.495 e. The standard InChI is InChI=1S/C13H12ClN3O2/c1-19-11-7-8(4-5-9(11)14)17-13(18)12-10(15)3-2-6-16-12/h2-7H,15H2,1H3,(H,17,18). The van der Waals surface area contributed by atoms with E-state index in [1.165, 1.54) is 13.3 Å². The SMILES string of the molecule is COc1cc(NC(=O)c2ncccc2N)ccc1Cl. The van der Waals surface area contributed by atoms with Crippen LogP contribution in [0.5, 0.6) is 5.75 Å². The highest BCUT2D eigenvalue weighted by atomic mass is 35.5. The molecule has 0 unspecified atom stereocenters. The van der Waals surface area contributed by atoms with Gasteiger partial charge in [-0.25, -0.2) is 4.98 Å². The zero-order valence-electron chi connectivity index (χ0n) is 10.2. The molecule has 0 saturated carbocycles. The summed E-state index contributed by atoms with van der Waals surface area (Å²) in [6.45, 7) is 0. The number of nitrogen functional groups attached to an aromatic ring is 1. The van der Waals surface area contributed by atoms with E-state index in [1.54, 1.807) is 30.3 Å². The predicted octanol–water partition coefficient (Wildman–Crippen LogP) is 2.58. The van der Waals surface area contributed by atoms with E-state index < -0.39 is 0 Å². The fourth-order valence-corrected chi connectivity index (χ4v) is 1.73. The molecule has 0 saturated heterocycles. The van der Waals surface area contributed by atoms with E-state index in [2.05, 4.69) is 10.3 Å². The lowest BCUT2D eigenvalue weighted by atomic mass is 10.2. The third-order valence-corrected chi connectivity index (χ3v) is 2.78. The van der Waals surface area contributed by atoms with Gasteiger partial charge in [0.25, 0.3) is 5.91 Å². The summed E-state index contributed by atoms with van der Waals surface area (Å²) in [5.41, 5.74) is 6.74. The molecule has 0 aliphatic carbocycles. The molecule has 0 fully saturated rings. The van der Waals surface area contributed by atoms with Crippen LogP contribution in [0.4, 0.5) is 11.4 Å². The molecule has 2 rings (SSSR count). The number of hydrogen-bond acceptors (Lipinski definition) is 4. The number of nitrogens with two attached hydrogens (primary N) is 1. The highest BCUT2D eigenvalue weighted by Crippen LogP contribution is 2.27. The number of methoxy groups -OCH3 is 1. The number of anilines is 2. The second-order valence-corrected chi connectivity index (χ2v) is 4.15. The Bertz CT molecular complexity index is 617. The van der Waals surface area contributed by atoms with E-state index in [9.17, 15) is 4.79 Å². The summed E-state index contributed by atoms with van der Waals surface area (Å²) in [5, 5.41) is 3.15. The largest absolute Gasteiger partial charge is 0.495 e. The van der Waals surface area contributed by atoms with Gasteiger partial charge in [-0.2, -0.15) is 0 Å². The molecule has 6 heteroatoms. The van der Waals surface area contributed by atoms with Gasteiger partial charge in [0, 0.05) is 18.0 Å². The van der Waals surface area contributed by atoms with Gasteiger partial charge in [0.1, 0.15) is 5.75 Å². The molecule has 0 bridgehead atoms. The molecule has 0 aliphatic rings. The average molecular weight is 278 g/mol. The van der Waals surface area contributed by atoms with Crippen LogP contribution in [-0.2, 0) is 0 Å². The van der Waals surface area contributed by atoms with Crippen LogP contribution >= 0.6 is 11.6 Å². The van der Waals surface area contributed by atoms with E-state index in [1.807, 2.05) is 0 Å². The molecule has 1 amide bonds. The maximum atomic E-state index is 12.0. The summed E-state index contributed by atoms with van der Waals surface area (Å²) >= 11 is 5.91. The molecule has 0 aliphatic heterocycles. The van der Waals surface area contributed by atoms with Gasteiger partial charge >= 0.3 is 0 Å². The van der Waals surface area contributed by atoms with Gasteiger partial charge in [0.05, 0.1) is 17.8 Å². The van der Waals surface area contributed by atoms with Gasteiger partial charge in [-0.05, 0) is 24.3 Å². The van der Waals surface area contributed by atoms with Crippen LogP contribution in [0.1, 0.15) is 10.5 Å². The van der Waals surface area contributed by atoms with Gasteiger partial charge in [0.15, 0.2) is 5.69 Å². The molecule has 0 atom stereocenters. The number of ether oxygens (including phenoxy) is 1. The fourth-order valence-electron chi connectivity index (χ4n) is 1.54. The van der Waals surface area contributed by atoms with Crippen molar-refractivity contribution in [3.8, 4) is 5.75 Å². The van der Waals surface area contributed by atoms with Gasteiger partial charge in [0.2, 0.25) is 0 Å². The third-order valence-electron chi connectivity index (χ3n) is 2.46. The number of carbonyl (C=O) groups is 1. The number of hydrogen-bond donors (Lipinski definition) is 2. The van der Waals surface area contributed by atoms with E-state index in [0.717, 1.165) is 0 Å². The molecular weight excluding hydrogens is 266 g/mol. The Morgan fingerprint density at radius 1 is 1.42 bits per heavy atom. The maximum Gasteiger partial charge on any atom is 0.276 e. The maximum absolute atomic E-state index is 12.0. The number of amides is 1. The first-order valence-electron chi connectivity index (χ1n) is 5.47. The lowest BCUT2D eigenvalue weighted by Gasteiger charge is -2.09. The van der Waals surface area contributed by atoms with E-state index in [0.29, 0.717) is 22.1 Å². The second-order valence-electron chi connectivity index (χ2n) is 3.74. The molecule has 0 spiro atoms. The Hall–Kier alpha value is -2.27. The van der Waals surface area contributed by atoms with E-state index in [4.69, 9.17) is 22.1 Å². The second kappa shape index (κ2) is 5.58. The van der Waals surface area contributed by atoms with Crippen LogP contribution in [0.25, 0.3) is 0 Å². The predicted molar refractivity (Wildman–Crippen MR) is 74.6 cm³/mol. The zero-order valence-corrected chi connectivity index (χ0v) is 10.9. The molecule has 1 aromatic heterocycles. The summed E-state index contributed by atoms with van der Waals surface area (Å²) in [6, 6.07) is 8.21. The first-order valence-corrected chi connectivity index (χ1v) is 5.85. The van der Waals surface area contributed by atoms with Crippen molar-refractivity contribution in [3.63, 3.8) is 0 Å². The molecule has 1 aromatic carbocycles. The number of rotatable bonds is 3. The van der Waals surface area contributed by atoms with Gasteiger partial charge < -0.3 is 15.8 Å². The van der Waals surface area contributed by atoms with Crippen LogP contribution in [0.15, 0.2) is 36.5 Å². The molecular formula is C13H12ClN3O2. The zero-order chi connectivity index (χ0) is 13.8. The highest BCUT2D eigenvalue weighted by Gasteiger charge is 2.12. The van der Waals surface area contributed by atoms with E-state index >= 15 is 0 Å². The molecule has 1 heterocycles. The van der Waals surface area contributed by atoms with Crippen molar-refractivity contribution in [2.45, 2.75) is 0 Å². The number of nitrogens with one attached hydrogen (secondary N) is 1. The Morgan fingerprint density at radius 2 is 2.21 bits per heavy atom. The lowest BCUT2D eigenvalue weighted by molar-refractivity contribution is 0.102. The minimum atomic E-state index is -0.387. The molecule has 2 aromatic rings. The number of halogens is 1. The molecule has 98 valence electrons. The Balaban J connectivity index is 2.22. The first-order chi connectivity index (χ1) is 9.11. The normalized spacial score (nSPS) is 10.0. The lowest BCUT2D eigenvalue weighted by Crippen LogP contribution is -2.15. The van der Waals surface area contributed by atoms with Gasteiger partial charge in [-0.1, -0.05) is 11.6 Å².